The molecule has 0 aliphatic rings. The van der Waals surface area contributed by atoms with Gasteiger partial charge < -0.3 is 17.1 Å². The molecule has 0 aromatic rings. The third kappa shape index (κ3) is 5.92. The Morgan fingerprint density at radius 2 is 2.00 bits per heavy atom. The Hall–Kier alpha value is -0.0800. The smallest absolute Gasteiger partial charge is 0.0590 e. The van der Waals surface area contributed by atoms with Crippen LogP contribution in [0.5, 0.6) is 0 Å². The van der Waals surface area contributed by atoms with Crippen LogP contribution in [0.4, 0.5) is 0 Å². The molecule has 2 heteroatoms. The third-order valence-corrected chi connectivity index (χ3v) is 0.735. The molecular weight excluding hydrogens is 104 g/mol. The van der Waals surface area contributed by atoms with Crippen molar-refractivity contribution in [3.63, 3.8) is 0 Å². The normalized spacial score (nSPS) is 16.1. The fraction of sp³-hybridized carbons (Fsp3) is 0.833. The molecule has 0 saturated carbocycles. The molecule has 2 nitrogen and oxygen atoms in total. The number of hydrogen-bond acceptors (Lipinski definition) is 2. The summed E-state index contributed by atoms with van der Waals surface area (Å²) in [4.78, 5) is 0. The van der Waals surface area contributed by atoms with Crippen LogP contribution >= 0.6 is 0 Å². The van der Waals surface area contributed by atoms with Crippen molar-refractivity contribution in [2.24, 2.45) is 0 Å². The molecule has 0 spiro atoms. The second kappa shape index (κ2) is 2.46. The summed E-state index contributed by atoms with van der Waals surface area (Å²) in [6.45, 7) is 6.60. The summed E-state index contributed by atoms with van der Waals surface area (Å²) in [7, 11) is 0. The van der Waals surface area contributed by atoms with Crippen LogP contribution in [0.2, 0.25) is 0 Å². The topological polar surface area (TPSA) is 40.5 Å². The monoisotopic (exact) mass is 117 g/mol. The predicted octanol–water partition coefficient (Wildman–Crippen LogP) is 0.342. The first-order valence-electron chi connectivity index (χ1n) is 2.65. The Kier molecular flexibility index (Phi) is 2.44. The Morgan fingerprint density at radius 3 is 2.00 bits per heavy atom. The van der Waals surface area contributed by atoms with Crippen molar-refractivity contribution in [1.82, 2.24) is 0 Å². The lowest BCUT2D eigenvalue weighted by Gasteiger charge is -2.21. The molecule has 0 bridgehead atoms. The van der Waals surface area contributed by atoms with E-state index in [4.69, 9.17) is 10.2 Å². The summed E-state index contributed by atoms with van der Waals surface area (Å²) in [6, 6.07) is 0. The minimum atomic E-state index is -0.791. The van der Waals surface area contributed by atoms with Crippen LogP contribution in [0.15, 0.2) is 0 Å². The third-order valence-electron chi connectivity index (χ3n) is 0.735. The minimum Gasteiger partial charge on any atom is -0.425 e. The van der Waals surface area contributed by atoms with Crippen LogP contribution in [0.3, 0.4) is 0 Å². The lowest BCUT2D eigenvalue weighted by Crippen LogP contribution is -2.24. The largest absolute Gasteiger partial charge is 0.425 e. The van der Waals surface area contributed by atoms with Crippen molar-refractivity contribution < 1.29 is 10.2 Å². The van der Waals surface area contributed by atoms with Gasteiger partial charge in [-0.05, 0) is 20.3 Å². The highest BCUT2D eigenvalue weighted by Gasteiger charge is 2.11. The lowest BCUT2D eigenvalue weighted by atomic mass is 10.0. The van der Waals surface area contributed by atoms with E-state index in [1.807, 2.05) is 0 Å². The van der Waals surface area contributed by atoms with E-state index in [1.165, 1.54) is 0 Å². The summed E-state index contributed by atoms with van der Waals surface area (Å²) >= 11 is 0. The van der Waals surface area contributed by atoms with Crippen LogP contribution in [0.25, 0.3) is 0 Å². The highest BCUT2D eigenvalue weighted by molar-refractivity contribution is 4.71. The summed E-state index contributed by atoms with van der Waals surface area (Å²) in [5, 5.41) is 17.6. The Morgan fingerprint density at radius 1 is 1.62 bits per heavy atom. The standard InChI is InChI=1S/C6H13O2/c1-5(7)4-6(2,3)8/h5,7-8H,1,4H2,2-3H3/q-1/t5-/m1/s1. The lowest BCUT2D eigenvalue weighted by molar-refractivity contribution is 0.0324. The van der Waals surface area contributed by atoms with Crippen molar-refractivity contribution in [2.75, 3.05) is 0 Å². The Bertz CT molecular complexity index is 61.4. The SMILES string of the molecule is [CH2-][C@@H](O)CC(C)(C)O. The molecule has 0 aliphatic carbocycles. The fourth-order valence-electron chi connectivity index (χ4n) is 0.577. The average Bonchev–Trinajstić information content (AvgIpc) is 1.21. The van der Waals surface area contributed by atoms with Gasteiger partial charge in [0.1, 0.15) is 0 Å². The highest BCUT2D eigenvalue weighted by atomic mass is 16.3. The van der Waals surface area contributed by atoms with Gasteiger partial charge in [-0.25, -0.2) is 0 Å². The van der Waals surface area contributed by atoms with E-state index >= 15 is 0 Å². The van der Waals surface area contributed by atoms with Crippen LogP contribution in [0.1, 0.15) is 20.3 Å². The van der Waals surface area contributed by atoms with E-state index in [9.17, 15) is 0 Å². The maximum Gasteiger partial charge on any atom is 0.0590 e. The molecule has 2 N–H and O–H groups in total. The summed E-state index contributed by atoms with van der Waals surface area (Å²) in [6.07, 6.45) is -0.331. The molecule has 0 saturated heterocycles. The number of aliphatic hydroxyl groups is 2. The first kappa shape index (κ1) is 7.92. The van der Waals surface area contributed by atoms with Crippen LogP contribution in [-0.2, 0) is 0 Å². The van der Waals surface area contributed by atoms with Crippen molar-refractivity contribution in [3.8, 4) is 0 Å². The maximum absolute atomic E-state index is 8.99. The quantitative estimate of drug-likeness (QED) is 0.512. The van der Waals surface area contributed by atoms with Gasteiger partial charge in [-0.3, -0.25) is 0 Å². The summed E-state index contributed by atoms with van der Waals surface area (Å²) in [5.41, 5.74) is -0.791. The maximum atomic E-state index is 8.99. The minimum absolute atomic E-state index is 0.326. The zero-order chi connectivity index (χ0) is 6.78. The van der Waals surface area contributed by atoms with Gasteiger partial charge in [-0.1, -0.05) is 6.10 Å². The zero-order valence-electron chi connectivity index (χ0n) is 5.39. The van der Waals surface area contributed by atoms with Crippen LogP contribution < -0.4 is 0 Å². The van der Waals surface area contributed by atoms with E-state index in [0.29, 0.717) is 6.42 Å². The molecule has 0 heterocycles. The molecule has 50 valence electrons. The van der Waals surface area contributed by atoms with Crippen molar-refractivity contribution in [3.05, 3.63) is 6.92 Å². The van der Waals surface area contributed by atoms with Gasteiger partial charge in [0.25, 0.3) is 0 Å². The first-order valence-corrected chi connectivity index (χ1v) is 2.65. The van der Waals surface area contributed by atoms with E-state index in [1.54, 1.807) is 13.8 Å². The van der Waals surface area contributed by atoms with Gasteiger partial charge in [0, 0.05) is 0 Å². The fourth-order valence-corrected chi connectivity index (χ4v) is 0.577. The van der Waals surface area contributed by atoms with Gasteiger partial charge >= 0.3 is 0 Å². The second-order valence-electron chi connectivity index (χ2n) is 2.67. The van der Waals surface area contributed by atoms with Gasteiger partial charge in [-0.2, -0.15) is 0 Å². The molecule has 0 unspecified atom stereocenters. The van der Waals surface area contributed by atoms with E-state index in [0.717, 1.165) is 0 Å². The van der Waals surface area contributed by atoms with Crippen LogP contribution in [-0.4, -0.2) is 21.9 Å². The molecule has 0 aromatic heterocycles. The second-order valence-corrected chi connectivity index (χ2v) is 2.67. The molecule has 8 heavy (non-hydrogen) atoms. The van der Waals surface area contributed by atoms with E-state index < -0.39 is 11.7 Å². The predicted molar refractivity (Wildman–Crippen MR) is 32.3 cm³/mol. The Balaban J connectivity index is 3.39. The van der Waals surface area contributed by atoms with Crippen molar-refractivity contribution in [1.29, 1.82) is 0 Å². The molecule has 0 aromatic carbocycles. The number of aliphatic hydroxyl groups excluding tert-OH is 1. The molecule has 0 fully saturated rings. The summed E-state index contributed by atoms with van der Waals surface area (Å²) in [5.74, 6) is 0. The van der Waals surface area contributed by atoms with Gasteiger partial charge in [0.05, 0.1) is 5.60 Å². The molecule has 0 rings (SSSR count). The van der Waals surface area contributed by atoms with Crippen molar-refractivity contribution >= 4 is 0 Å². The van der Waals surface area contributed by atoms with Crippen molar-refractivity contribution in [2.45, 2.75) is 32.0 Å². The molecular formula is C6H13O2-. The first-order chi connectivity index (χ1) is 3.42. The highest BCUT2D eigenvalue weighted by Crippen LogP contribution is 2.08. The molecule has 0 radical (unpaired) electrons. The molecule has 0 aliphatic heterocycles. The van der Waals surface area contributed by atoms with E-state index in [2.05, 4.69) is 6.92 Å². The van der Waals surface area contributed by atoms with Crippen LogP contribution in [0, 0.1) is 6.92 Å². The Labute approximate surface area is 50.2 Å². The summed E-state index contributed by atoms with van der Waals surface area (Å²) < 4.78 is 0. The van der Waals surface area contributed by atoms with Gasteiger partial charge in [-0.15, -0.1) is 0 Å². The van der Waals surface area contributed by atoms with Gasteiger partial charge in [0.15, 0.2) is 0 Å². The number of hydrogen-bond donors (Lipinski definition) is 2. The molecule has 1 atom stereocenters. The molecule has 0 amide bonds. The van der Waals surface area contributed by atoms with Gasteiger partial charge in [0.2, 0.25) is 0 Å². The number of rotatable bonds is 2. The average molecular weight is 117 g/mol. The zero-order valence-corrected chi connectivity index (χ0v) is 5.39. The van der Waals surface area contributed by atoms with E-state index in [-0.39, 0.29) is 0 Å².